The van der Waals surface area contributed by atoms with Crippen LogP contribution < -0.4 is 0 Å². The lowest BCUT2D eigenvalue weighted by Crippen LogP contribution is -2.16. The van der Waals surface area contributed by atoms with Gasteiger partial charge in [-0.1, -0.05) is 44.0 Å². The quantitative estimate of drug-likeness (QED) is 0.658. The SMILES string of the molecule is CC(C)(C)c1nc(Cl)c2ccc(Cl)cc2n1. The van der Waals surface area contributed by atoms with Crippen molar-refractivity contribution >= 4 is 34.1 Å². The van der Waals surface area contributed by atoms with Crippen LogP contribution in [0.1, 0.15) is 26.6 Å². The maximum Gasteiger partial charge on any atom is 0.140 e. The van der Waals surface area contributed by atoms with Crippen molar-refractivity contribution in [2.24, 2.45) is 0 Å². The van der Waals surface area contributed by atoms with Crippen LogP contribution in [-0.2, 0) is 5.41 Å². The van der Waals surface area contributed by atoms with E-state index in [4.69, 9.17) is 23.2 Å². The zero-order chi connectivity index (χ0) is 11.9. The molecule has 1 heterocycles. The molecule has 0 bridgehead atoms. The zero-order valence-electron chi connectivity index (χ0n) is 9.38. The molecular formula is C12H12Cl2N2. The highest BCUT2D eigenvalue weighted by atomic mass is 35.5. The molecule has 0 amide bonds. The fourth-order valence-electron chi connectivity index (χ4n) is 1.40. The highest BCUT2D eigenvalue weighted by molar-refractivity contribution is 6.35. The summed E-state index contributed by atoms with van der Waals surface area (Å²) in [7, 11) is 0. The molecule has 0 aliphatic heterocycles. The first kappa shape index (κ1) is 11.6. The Balaban J connectivity index is 2.75. The van der Waals surface area contributed by atoms with Crippen molar-refractivity contribution in [2.75, 3.05) is 0 Å². The van der Waals surface area contributed by atoms with Gasteiger partial charge in [0.05, 0.1) is 5.52 Å². The van der Waals surface area contributed by atoms with Gasteiger partial charge in [-0.25, -0.2) is 9.97 Å². The number of hydrogen-bond donors (Lipinski definition) is 0. The van der Waals surface area contributed by atoms with Crippen LogP contribution in [0.4, 0.5) is 0 Å². The van der Waals surface area contributed by atoms with E-state index in [1.807, 2.05) is 6.07 Å². The molecule has 84 valence electrons. The molecule has 0 atom stereocenters. The zero-order valence-corrected chi connectivity index (χ0v) is 10.9. The number of aromatic nitrogens is 2. The van der Waals surface area contributed by atoms with E-state index in [1.54, 1.807) is 12.1 Å². The van der Waals surface area contributed by atoms with Crippen molar-refractivity contribution in [3.63, 3.8) is 0 Å². The van der Waals surface area contributed by atoms with Crippen LogP contribution in [-0.4, -0.2) is 9.97 Å². The molecule has 0 fully saturated rings. The number of halogens is 2. The molecule has 0 spiro atoms. The minimum Gasteiger partial charge on any atom is -0.232 e. The Hall–Kier alpha value is -0.860. The molecule has 2 rings (SSSR count). The first-order valence-electron chi connectivity index (χ1n) is 5.01. The van der Waals surface area contributed by atoms with Gasteiger partial charge in [0.1, 0.15) is 11.0 Å². The van der Waals surface area contributed by atoms with Gasteiger partial charge in [-0.3, -0.25) is 0 Å². The summed E-state index contributed by atoms with van der Waals surface area (Å²) in [4.78, 5) is 8.80. The van der Waals surface area contributed by atoms with Gasteiger partial charge in [0, 0.05) is 15.8 Å². The Morgan fingerprint density at radius 1 is 1.06 bits per heavy atom. The van der Waals surface area contributed by atoms with Crippen molar-refractivity contribution in [1.82, 2.24) is 9.97 Å². The third-order valence-corrected chi connectivity index (χ3v) is 2.81. The Morgan fingerprint density at radius 3 is 2.38 bits per heavy atom. The highest BCUT2D eigenvalue weighted by Crippen LogP contribution is 2.27. The molecule has 1 aromatic carbocycles. The van der Waals surface area contributed by atoms with Crippen molar-refractivity contribution in [3.8, 4) is 0 Å². The third kappa shape index (κ3) is 2.13. The van der Waals surface area contributed by atoms with Crippen LogP contribution in [0.3, 0.4) is 0 Å². The average Bonchev–Trinajstić information content (AvgIpc) is 2.15. The van der Waals surface area contributed by atoms with Gasteiger partial charge in [-0.05, 0) is 18.2 Å². The van der Waals surface area contributed by atoms with Crippen molar-refractivity contribution < 1.29 is 0 Å². The smallest absolute Gasteiger partial charge is 0.140 e. The molecule has 0 saturated carbocycles. The van der Waals surface area contributed by atoms with E-state index in [0.29, 0.717) is 10.2 Å². The van der Waals surface area contributed by atoms with E-state index in [0.717, 1.165) is 16.7 Å². The second-order valence-electron chi connectivity index (χ2n) is 4.75. The molecule has 0 N–H and O–H groups in total. The van der Waals surface area contributed by atoms with Crippen molar-refractivity contribution in [2.45, 2.75) is 26.2 Å². The van der Waals surface area contributed by atoms with Crippen LogP contribution >= 0.6 is 23.2 Å². The number of rotatable bonds is 0. The minimum atomic E-state index is -0.125. The van der Waals surface area contributed by atoms with Crippen LogP contribution in [0.25, 0.3) is 10.9 Å². The molecule has 0 unspecified atom stereocenters. The van der Waals surface area contributed by atoms with Gasteiger partial charge in [0.15, 0.2) is 0 Å². The second-order valence-corrected chi connectivity index (χ2v) is 5.54. The highest BCUT2D eigenvalue weighted by Gasteiger charge is 2.19. The lowest BCUT2D eigenvalue weighted by atomic mass is 9.95. The largest absolute Gasteiger partial charge is 0.232 e. The lowest BCUT2D eigenvalue weighted by Gasteiger charge is -2.17. The Labute approximate surface area is 105 Å². The van der Waals surface area contributed by atoms with Crippen LogP contribution in [0.15, 0.2) is 18.2 Å². The summed E-state index contributed by atoms with van der Waals surface area (Å²) >= 11 is 12.1. The predicted molar refractivity (Wildman–Crippen MR) is 68.3 cm³/mol. The minimum absolute atomic E-state index is 0.125. The Kier molecular flexibility index (Phi) is 2.81. The van der Waals surface area contributed by atoms with Gasteiger partial charge >= 0.3 is 0 Å². The molecular weight excluding hydrogens is 243 g/mol. The molecule has 1 aromatic heterocycles. The number of hydrogen-bond acceptors (Lipinski definition) is 2. The second kappa shape index (κ2) is 3.86. The summed E-state index contributed by atoms with van der Waals surface area (Å²) in [6, 6.07) is 5.43. The van der Waals surface area contributed by atoms with Crippen LogP contribution in [0.2, 0.25) is 10.2 Å². The summed E-state index contributed by atoms with van der Waals surface area (Å²) in [6.45, 7) is 6.15. The van der Waals surface area contributed by atoms with E-state index in [2.05, 4.69) is 30.7 Å². The predicted octanol–water partition coefficient (Wildman–Crippen LogP) is 4.23. The summed E-state index contributed by atoms with van der Waals surface area (Å²) in [5.41, 5.74) is 0.664. The fraction of sp³-hybridized carbons (Fsp3) is 0.333. The molecule has 0 saturated heterocycles. The van der Waals surface area contributed by atoms with Crippen molar-refractivity contribution in [3.05, 3.63) is 34.2 Å². The van der Waals surface area contributed by atoms with E-state index in [9.17, 15) is 0 Å². The maximum absolute atomic E-state index is 6.13. The maximum atomic E-state index is 6.13. The van der Waals surface area contributed by atoms with Gasteiger partial charge in [0.2, 0.25) is 0 Å². The monoisotopic (exact) mass is 254 g/mol. The Morgan fingerprint density at radius 2 is 1.75 bits per heavy atom. The fourth-order valence-corrected chi connectivity index (χ4v) is 1.81. The number of benzene rings is 1. The number of nitrogens with zero attached hydrogens (tertiary/aromatic N) is 2. The summed E-state index contributed by atoms with van der Waals surface area (Å²) < 4.78 is 0. The van der Waals surface area contributed by atoms with Gasteiger partial charge in [-0.2, -0.15) is 0 Å². The third-order valence-electron chi connectivity index (χ3n) is 2.28. The van der Waals surface area contributed by atoms with Crippen molar-refractivity contribution in [1.29, 1.82) is 0 Å². The van der Waals surface area contributed by atoms with Gasteiger partial charge in [-0.15, -0.1) is 0 Å². The van der Waals surface area contributed by atoms with Gasteiger partial charge < -0.3 is 0 Å². The summed E-state index contributed by atoms with van der Waals surface area (Å²) in [6.07, 6.45) is 0. The summed E-state index contributed by atoms with van der Waals surface area (Å²) in [5, 5.41) is 1.97. The molecule has 0 aliphatic rings. The standard InChI is InChI=1S/C12H12Cl2N2/c1-12(2,3)11-15-9-6-7(13)4-5-8(9)10(14)16-11/h4-6H,1-3H3. The van der Waals surface area contributed by atoms with E-state index >= 15 is 0 Å². The molecule has 0 radical (unpaired) electrons. The molecule has 0 aliphatic carbocycles. The van der Waals surface area contributed by atoms with Gasteiger partial charge in [0.25, 0.3) is 0 Å². The normalized spacial score (nSPS) is 12.1. The molecule has 16 heavy (non-hydrogen) atoms. The Bertz CT molecular complexity index is 544. The lowest BCUT2D eigenvalue weighted by molar-refractivity contribution is 0.548. The molecule has 2 aromatic rings. The first-order valence-corrected chi connectivity index (χ1v) is 5.77. The van der Waals surface area contributed by atoms with E-state index in [1.165, 1.54) is 0 Å². The first-order chi connectivity index (χ1) is 7.38. The molecule has 2 nitrogen and oxygen atoms in total. The van der Waals surface area contributed by atoms with E-state index < -0.39 is 0 Å². The van der Waals surface area contributed by atoms with Crippen LogP contribution in [0, 0.1) is 0 Å². The topological polar surface area (TPSA) is 25.8 Å². The summed E-state index contributed by atoms with van der Waals surface area (Å²) in [5.74, 6) is 0.729. The number of fused-ring (bicyclic) bond motifs is 1. The van der Waals surface area contributed by atoms with E-state index in [-0.39, 0.29) is 5.41 Å². The average molecular weight is 255 g/mol. The molecule has 4 heteroatoms. The van der Waals surface area contributed by atoms with Crippen LogP contribution in [0.5, 0.6) is 0 Å².